The van der Waals surface area contributed by atoms with E-state index in [4.69, 9.17) is 5.11 Å². The maximum Gasteiger partial charge on any atom is 0.255 e. The molecule has 0 saturated carbocycles. The summed E-state index contributed by atoms with van der Waals surface area (Å²) in [4.78, 5) is 16.2. The maximum absolute atomic E-state index is 12.2. The van der Waals surface area contributed by atoms with Gasteiger partial charge < -0.3 is 10.4 Å². The molecule has 2 aromatic rings. The molecule has 0 unspecified atom stereocenters. The number of aromatic nitrogens is 1. The molecule has 2 rings (SSSR count). The molecule has 1 amide bonds. The standard InChI is InChI=1S/C17H16N2O2/c1-13-9-14(5-2-3-8-20)11-15(10-13)17(21)19-16-6-4-7-18-12-16/h4,6-7,9-12,20H,3,8H2,1H3,(H,19,21). The smallest absolute Gasteiger partial charge is 0.255 e. The first-order chi connectivity index (χ1) is 10.2. The highest BCUT2D eigenvalue weighted by atomic mass is 16.2. The van der Waals surface area contributed by atoms with Crippen molar-refractivity contribution in [2.24, 2.45) is 0 Å². The van der Waals surface area contributed by atoms with E-state index in [9.17, 15) is 4.79 Å². The number of carbonyl (C=O) groups excluding carboxylic acids is 1. The van der Waals surface area contributed by atoms with Gasteiger partial charge in [-0.15, -0.1) is 0 Å². The number of hydrogen-bond acceptors (Lipinski definition) is 3. The molecule has 1 aromatic carbocycles. The van der Waals surface area contributed by atoms with Gasteiger partial charge in [0.25, 0.3) is 5.91 Å². The first-order valence-corrected chi connectivity index (χ1v) is 6.62. The van der Waals surface area contributed by atoms with Crippen molar-refractivity contribution >= 4 is 11.6 Å². The van der Waals surface area contributed by atoms with Crippen molar-refractivity contribution in [2.45, 2.75) is 13.3 Å². The van der Waals surface area contributed by atoms with Crippen molar-refractivity contribution in [3.05, 3.63) is 59.4 Å². The Morgan fingerprint density at radius 1 is 1.38 bits per heavy atom. The van der Waals surface area contributed by atoms with Gasteiger partial charge in [-0.1, -0.05) is 11.8 Å². The van der Waals surface area contributed by atoms with Crippen LogP contribution in [0.1, 0.15) is 27.9 Å². The van der Waals surface area contributed by atoms with Crippen LogP contribution in [0.25, 0.3) is 0 Å². The van der Waals surface area contributed by atoms with Crippen molar-refractivity contribution in [1.82, 2.24) is 4.98 Å². The van der Waals surface area contributed by atoms with Crippen LogP contribution in [0.4, 0.5) is 5.69 Å². The lowest BCUT2D eigenvalue weighted by atomic mass is 10.1. The van der Waals surface area contributed by atoms with E-state index < -0.39 is 0 Å². The predicted molar refractivity (Wildman–Crippen MR) is 82.0 cm³/mol. The van der Waals surface area contributed by atoms with E-state index in [0.29, 0.717) is 17.7 Å². The topological polar surface area (TPSA) is 62.2 Å². The number of pyridine rings is 1. The lowest BCUT2D eigenvalue weighted by Gasteiger charge is -2.06. The number of aliphatic hydroxyl groups excluding tert-OH is 1. The molecule has 0 aliphatic carbocycles. The average molecular weight is 280 g/mol. The van der Waals surface area contributed by atoms with Gasteiger partial charge in [0, 0.05) is 23.7 Å². The summed E-state index contributed by atoms with van der Waals surface area (Å²) in [6.07, 6.45) is 3.66. The Morgan fingerprint density at radius 2 is 2.24 bits per heavy atom. The van der Waals surface area contributed by atoms with Gasteiger partial charge in [-0.3, -0.25) is 9.78 Å². The summed E-state index contributed by atoms with van der Waals surface area (Å²) in [5, 5.41) is 11.5. The SMILES string of the molecule is Cc1cc(C#CCCO)cc(C(=O)Nc2cccnc2)c1. The predicted octanol–water partition coefficient (Wildman–Crippen LogP) is 2.38. The third kappa shape index (κ3) is 4.44. The summed E-state index contributed by atoms with van der Waals surface area (Å²) >= 11 is 0. The molecule has 2 N–H and O–H groups in total. The Labute approximate surface area is 123 Å². The Morgan fingerprint density at radius 3 is 2.95 bits per heavy atom. The number of nitrogens with zero attached hydrogens (tertiary/aromatic N) is 1. The number of aliphatic hydroxyl groups is 1. The van der Waals surface area contributed by atoms with Crippen molar-refractivity contribution in [2.75, 3.05) is 11.9 Å². The number of anilines is 1. The van der Waals surface area contributed by atoms with Gasteiger partial charge in [-0.05, 0) is 42.8 Å². The Hall–Kier alpha value is -2.64. The molecule has 4 heteroatoms. The molecule has 0 spiro atoms. The first-order valence-electron chi connectivity index (χ1n) is 6.62. The van der Waals surface area contributed by atoms with Crippen LogP contribution >= 0.6 is 0 Å². The normalized spacial score (nSPS) is 9.62. The number of benzene rings is 1. The van der Waals surface area contributed by atoms with Gasteiger partial charge in [0.1, 0.15) is 0 Å². The van der Waals surface area contributed by atoms with Gasteiger partial charge in [-0.2, -0.15) is 0 Å². The van der Waals surface area contributed by atoms with Crippen molar-refractivity contribution < 1.29 is 9.90 Å². The van der Waals surface area contributed by atoms with E-state index in [1.807, 2.05) is 19.1 Å². The number of amides is 1. The highest BCUT2D eigenvalue weighted by molar-refractivity contribution is 6.04. The van der Waals surface area contributed by atoms with Crippen molar-refractivity contribution in [3.63, 3.8) is 0 Å². The van der Waals surface area contributed by atoms with Crippen LogP contribution in [0.5, 0.6) is 0 Å². The lowest BCUT2D eigenvalue weighted by molar-refractivity contribution is 0.102. The summed E-state index contributed by atoms with van der Waals surface area (Å²) < 4.78 is 0. The summed E-state index contributed by atoms with van der Waals surface area (Å²) in [5.74, 6) is 5.60. The summed E-state index contributed by atoms with van der Waals surface area (Å²) in [6.45, 7) is 1.95. The Kier molecular flexibility index (Phi) is 5.08. The number of hydrogen-bond donors (Lipinski definition) is 2. The van der Waals surface area contributed by atoms with Crippen LogP contribution in [0.15, 0.2) is 42.7 Å². The summed E-state index contributed by atoms with van der Waals surface area (Å²) in [5.41, 5.74) is 2.92. The minimum absolute atomic E-state index is 0.0349. The average Bonchev–Trinajstić information content (AvgIpc) is 2.48. The first kappa shape index (κ1) is 14.8. The maximum atomic E-state index is 12.2. The Bertz CT molecular complexity index is 685. The van der Waals surface area contributed by atoms with Gasteiger partial charge in [0.2, 0.25) is 0 Å². The van der Waals surface area contributed by atoms with E-state index in [1.54, 1.807) is 30.6 Å². The van der Waals surface area contributed by atoms with Crippen LogP contribution in [0, 0.1) is 18.8 Å². The van der Waals surface area contributed by atoms with Crippen LogP contribution in [-0.2, 0) is 0 Å². The largest absolute Gasteiger partial charge is 0.395 e. The molecule has 1 aromatic heterocycles. The molecule has 0 radical (unpaired) electrons. The highest BCUT2D eigenvalue weighted by Gasteiger charge is 2.07. The van der Waals surface area contributed by atoms with E-state index in [1.165, 1.54) is 0 Å². The van der Waals surface area contributed by atoms with Crippen LogP contribution in [-0.4, -0.2) is 22.6 Å². The minimum atomic E-state index is -0.197. The van der Waals surface area contributed by atoms with E-state index in [-0.39, 0.29) is 12.5 Å². The molecular weight excluding hydrogens is 264 g/mol. The van der Waals surface area contributed by atoms with Crippen molar-refractivity contribution in [1.29, 1.82) is 0 Å². The molecule has 106 valence electrons. The van der Waals surface area contributed by atoms with E-state index in [0.717, 1.165) is 11.1 Å². The summed E-state index contributed by atoms with van der Waals surface area (Å²) in [6, 6.07) is 9.00. The van der Waals surface area contributed by atoms with E-state index >= 15 is 0 Å². The zero-order valence-electron chi connectivity index (χ0n) is 11.8. The molecule has 1 heterocycles. The highest BCUT2D eigenvalue weighted by Crippen LogP contribution is 2.12. The molecule has 0 bridgehead atoms. The second-order valence-corrected chi connectivity index (χ2v) is 4.56. The molecule has 0 aliphatic heterocycles. The van der Waals surface area contributed by atoms with E-state index in [2.05, 4.69) is 22.1 Å². The monoisotopic (exact) mass is 280 g/mol. The van der Waals surface area contributed by atoms with Gasteiger partial charge in [0.15, 0.2) is 0 Å². The summed E-state index contributed by atoms with van der Waals surface area (Å²) in [7, 11) is 0. The van der Waals surface area contributed by atoms with Crippen LogP contribution in [0.2, 0.25) is 0 Å². The zero-order valence-corrected chi connectivity index (χ0v) is 11.8. The van der Waals surface area contributed by atoms with Gasteiger partial charge in [0.05, 0.1) is 18.5 Å². The zero-order chi connectivity index (χ0) is 15.1. The van der Waals surface area contributed by atoms with Crippen LogP contribution in [0.3, 0.4) is 0 Å². The Balaban J connectivity index is 2.19. The minimum Gasteiger partial charge on any atom is -0.395 e. The quantitative estimate of drug-likeness (QED) is 0.849. The third-order valence-electron chi connectivity index (χ3n) is 2.73. The number of rotatable bonds is 3. The number of carbonyl (C=O) groups is 1. The molecule has 0 aliphatic rings. The lowest BCUT2D eigenvalue weighted by Crippen LogP contribution is -2.12. The number of nitrogens with one attached hydrogen (secondary N) is 1. The second-order valence-electron chi connectivity index (χ2n) is 4.56. The molecule has 0 saturated heterocycles. The molecular formula is C17H16N2O2. The molecule has 0 fully saturated rings. The second kappa shape index (κ2) is 7.22. The fourth-order valence-corrected chi connectivity index (χ4v) is 1.85. The molecule has 0 atom stereocenters. The third-order valence-corrected chi connectivity index (χ3v) is 2.73. The fraction of sp³-hybridized carbons (Fsp3) is 0.176. The fourth-order valence-electron chi connectivity index (χ4n) is 1.85. The number of aryl methyl sites for hydroxylation is 1. The molecule has 21 heavy (non-hydrogen) atoms. The van der Waals surface area contributed by atoms with Crippen molar-refractivity contribution in [3.8, 4) is 11.8 Å². The van der Waals surface area contributed by atoms with Gasteiger partial charge in [-0.25, -0.2) is 0 Å². The van der Waals surface area contributed by atoms with Crippen LogP contribution < -0.4 is 5.32 Å². The molecule has 4 nitrogen and oxygen atoms in total. The van der Waals surface area contributed by atoms with Gasteiger partial charge >= 0.3 is 0 Å².